The van der Waals surface area contributed by atoms with Gasteiger partial charge < -0.3 is 14.4 Å². The predicted octanol–water partition coefficient (Wildman–Crippen LogP) is 3.30. The van der Waals surface area contributed by atoms with Crippen LogP contribution in [0.25, 0.3) is 11.1 Å². The van der Waals surface area contributed by atoms with E-state index < -0.39 is 24.7 Å². The number of carboxylic acids is 1. The van der Waals surface area contributed by atoms with E-state index in [1.54, 1.807) is 13.8 Å². The van der Waals surface area contributed by atoms with Crippen LogP contribution in [0.4, 0.5) is 19.2 Å². The van der Waals surface area contributed by atoms with Crippen LogP contribution in [-0.2, 0) is 0 Å². The molecule has 0 spiro atoms. The first-order chi connectivity index (χ1) is 9.67. The molecule has 1 aromatic heterocycles. The first-order valence-corrected chi connectivity index (χ1v) is 6.14. The minimum Gasteiger partial charge on any atom is -0.478 e. The maximum atomic E-state index is 12.6. The number of aromatic carboxylic acids is 1. The van der Waals surface area contributed by atoms with Crippen LogP contribution >= 0.6 is 0 Å². The number of alkyl halides is 3. The zero-order chi connectivity index (χ0) is 15.8. The summed E-state index contributed by atoms with van der Waals surface area (Å²) >= 11 is 0. The number of carbonyl (C=O) groups is 1. The lowest BCUT2D eigenvalue weighted by Crippen LogP contribution is -2.39. The SMILES string of the molecule is CC(C)N(CC(F)(F)F)c1nc2ccc(C(=O)O)cc2o1. The number of benzene rings is 1. The van der Waals surface area contributed by atoms with Crippen LogP contribution in [0.15, 0.2) is 22.6 Å². The van der Waals surface area contributed by atoms with E-state index in [1.165, 1.54) is 18.2 Å². The molecular formula is C13H13F3N2O3. The van der Waals surface area contributed by atoms with Gasteiger partial charge in [0.25, 0.3) is 6.01 Å². The Hall–Kier alpha value is -2.25. The van der Waals surface area contributed by atoms with Crippen LogP contribution in [0.5, 0.6) is 0 Å². The van der Waals surface area contributed by atoms with Gasteiger partial charge in [-0.15, -0.1) is 0 Å². The van der Waals surface area contributed by atoms with Gasteiger partial charge >= 0.3 is 12.1 Å². The molecule has 8 heteroatoms. The summed E-state index contributed by atoms with van der Waals surface area (Å²) in [6, 6.07) is 3.30. The van der Waals surface area contributed by atoms with Crippen molar-refractivity contribution in [2.45, 2.75) is 26.1 Å². The highest BCUT2D eigenvalue weighted by Crippen LogP contribution is 2.27. The number of carboxylic acid groups (broad SMARTS) is 1. The van der Waals surface area contributed by atoms with Gasteiger partial charge in [0, 0.05) is 6.04 Å². The molecule has 0 aliphatic heterocycles. The summed E-state index contributed by atoms with van der Waals surface area (Å²) in [6.45, 7) is 1.98. The molecule has 0 aliphatic rings. The minimum atomic E-state index is -4.39. The monoisotopic (exact) mass is 302 g/mol. The molecular weight excluding hydrogens is 289 g/mol. The van der Waals surface area contributed by atoms with Crippen molar-refractivity contribution in [1.82, 2.24) is 4.98 Å². The minimum absolute atomic E-state index is 0.0166. The summed E-state index contributed by atoms with van der Waals surface area (Å²) < 4.78 is 43.0. The quantitative estimate of drug-likeness (QED) is 0.938. The molecule has 0 aliphatic carbocycles. The third-order valence-corrected chi connectivity index (χ3v) is 2.84. The van der Waals surface area contributed by atoms with E-state index in [2.05, 4.69) is 4.98 Å². The lowest BCUT2D eigenvalue weighted by molar-refractivity contribution is -0.121. The van der Waals surface area contributed by atoms with Crippen molar-refractivity contribution in [2.24, 2.45) is 0 Å². The fourth-order valence-corrected chi connectivity index (χ4v) is 1.83. The molecule has 0 saturated carbocycles. The van der Waals surface area contributed by atoms with Crippen LogP contribution in [0.1, 0.15) is 24.2 Å². The average Bonchev–Trinajstić information content (AvgIpc) is 2.76. The maximum absolute atomic E-state index is 12.6. The Bertz CT molecular complexity index is 664. The van der Waals surface area contributed by atoms with Crippen molar-refractivity contribution in [3.05, 3.63) is 23.8 Å². The van der Waals surface area contributed by atoms with Crippen LogP contribution in [0, 0.1) is 0 Å². The zero-order valence-electron chi connectivity index (χ0n) is 11.3. The third-order valence-electron chi connectivity index (χ3n) is 2.84. The number of rotatable bonds is 4. The Morgan fingerprint density at radius 3 is 2.62 bits per heavy atom. The molecule has 1 heterocycles. The van der Waals surface area contributed by atoms with Crippen molar-refractivity contribution in [1.29, 1.82) is 0 Å². The highest BCUT2D eigenvalue weighted by Gasteiger charge is 2.34. The molecule has 2 aromatic rings. The van der Waals surface area contributed by atoms with Gasteiger partial charge in [-0.2, -0.15) is 18.2 Å². The number of fused-ring (bicyclic) bond motifs is 1. The molecule has 114 valence electrons. The molecule has 0 radical (unpaired) electrons. The second-order valence-corrected chi connectivity index (χ2v) is 4.82. The molecule has 0 bridgehead atoms. The second kappa shape index (κ2) is 5.27. The summed E-state index contributed by atoms with van der Waals surface area (Å²) in [6.07, 6.45) is -4.39. The van der Waals surface area contributed by atoms with Gasteiger partial charge in [0.05, 0.1) is 5.56 Å². The van der Waals surface area contributed by atoms with Gasteiger partial charge in [-0.05, 0) is 32.0 Å². The van der Waals surface area contributed by atoms with Gasteiger partial charge in [-0.1, -0.05) is 0 Å². The Morgan fingerprint density at radius 2 is 2.10 bits per heavy atom. The zero-order valence-corrected chi connectivity index (χ0v) is 11.3. The first kappa shape index (κ1) is 15.1. The standard InChI is InChI=1S/C13H13F3N2O3/c1-7(2)18(6-13(14,15)16)12-17-9-4-3-8(11(19)20)5-10(9)21-12/h3-5,7H,6H2,1-2H3,(H,19,20). The molecule has 0 saturated heterocycles. The third kappa shape index (κ3) is 3.45. The van der Waals surface area contributed by atoms with E-state index in [0.29, 0.717) is 5.52 Å². The van der Waals surface area contributed by atoms with E-state index in [1.807, 2.05) is 0 Å². The summed E-state index contributed by atoms with van der Waals surface area (Å²) in [5, 5.41) is 8.88. The molecule has 1 aromatic carbocycles. The van der Waals surface area contributed by atoms with Crippen molar-refractivity contribution >= 4 is 23.1 Å². The number of oxazole rings is 1. The van der Waals surface area contributed by atoms with Crippen LogP contribution in [0.3, 0.4) is 0 Å². The Labute approximate surface area is 118 Å². The van der Waals surface area contributed by atoms with Crippen molar-refractivity contribution in [3.63, 3.8) is 0 Å². The van der Waals surface area contributed by atoms with E-state index >= 15 is 0 Å². The largest absolute Gasteiger partial charge is 0.478 e. The van der Waals surface area contributed by atoms with Gasteiger partial charge in [-0.3, -0.25) is 0 Å². The van der Waals surface area contributed by atoms with Gasteiger partial charge in [0.2, 0.25) is 0 Å². The van der Waals surface area contributed by atoms with E-state index in [9.17, 15) is 18.0 Å². The molecule has 21 heavy (non-hydrogen) atoms. The Kier molecular flexibility index (Phi) is 3.80. The number of nitrogens with zero attached hydrogens (tertiary/aromatic N) is 2. The summed E-state index contributed by atoms with van der Waals surface area (Å²) in [5.41, 5.74) is 0.428. The van der Waals surface area contributed by atoms with Gasteiger partial charge in [-0.25, -0.2) is 4.79 Å². The van der Waals surface area contributed by atoms with E-state index in [0.717, 1.165) is 4.90 Å². The first-order valence-electron chi connectivity index (χ1n) is 6.14. The normalized spacial score (nSPS) is 12.1. The molecule has 0 amide bonds. The molecule has 5 nitrogen and oxygen atoms in total. The smallest absolute Gasteiger partial charge is 0.406 e. The lowest BCUT2D eigenvalue weighted by atomic mass is 10.2. The number of hydrogen-bond acceptors (Lipinski definition) is 4. The fourth-order valence-electron chi connectivity index (χ4n) is 1.83. The number of halogens is 3. The topological polar surface area (TPSA) is 66.6 Å². The van der Waals surface area contributed by atoms with E-state index in [4.69, 9.17) is 9.52 Å². The van der Waals surface area contributed by atoms with Gasteiger partial charge in [0.1, 0.15) is 12.1 Å². The molecule has 0 atom stereocenters. The Morgan fingerprint density at radius 1 is 1.43 bits per heavy atom. The van der Waals surface area contributed by atoms with Crippen molar-refractivity contribution < 1.29 is 27.5 Å². The summed E-state index contributed by atoms with van der Waals surface area (Å²) in [5.74, 6) is -1.15. The molecule has 2 rings (SSSR count). The molecule has 1 N–H and O–H groups in total. The van der Waals surface area contributed by atoms with E-state index in [-0.39, 0.29) is 17.2 Å². The fraction of sp³-hybridized carbons (Fsp3) is 0.385. The van der Waals surface area contributed by atoms with Crippen LogP contribution in [-0.4, -0.2) is 34.8 Å². The number of hydrogen-bond donors (Lipinski definition) is 1. The molecule has 0 unspecified atom stereocenters. The van der Waals surface area contributed by atoms with Gasteiger partial charge in [0.15, 0.2) is 5.58 Å². The van der Waals surface area contributed by atoms with Crippen molar-refractivity contribution in [3.8, 4) is 0 Å². The molecule has 0 fully saturated rings. The van der Waals surface area contributed by atoms with Crippen molar-refractivity contribution in [2.75, 3.05) is 11.4 Å². The van der Waals surface area contributed by atoms with Crippen LogP contribution in [0.2, 0.25) is 0 Å². The lowest BCUT2D eigenvalue weighted by Gasteiger charge is -2.25. The highest BCUT2D eigenvalue weighted by molar-refractivity contribution is 5.92. The second-order valence-electron chi connectivity index (χ2n) is 4.82. The highest BCUT2D eigenvalue weighted by atomic mass is 19.4. The predicted molar refractivity (Wildman–Crippen MR) is 69.5 cm³/mol. The van der Waals surface area contributed by atoms with Crippen LogP contribution < -0.4 is 4.90 Å². The summed E-state index contributed by atoms with van der Waals surface area (Å²) in [4.78, 5) is 15.8. The Balaban J connectivity index is 2.42. The number of anilines is 1. The summed E-state index contributed by atoms with van der Waals surface area (Å²) in [7, 11) is 0. The number of aromatic nitrogens is 1. The average molecular weight is 302 g/mol. The maximum Gasteiger partial charge on any atom is 0.406 e.